The van der Waals surface area contributed by atoms with E-state index in [0.717, 1.165) is 17.1 Å². The molecule has 0 N–H and O–H groups in total. The predicted octanol–water partition coefficient (Wildman–Crippen LogP) is 8.95. The number of nitrogens with zero attached hydrogens (tertiary/aromatic N) is 1. The first-order chi connectivity index (χ1) is 15.4. The maximum Gasteiger partial charge on any atom is 0.0462 e. The fraction of sp³-hybridized carbons (Fsp3) is 0.161. The lowest BCUT2D eigenvalue weighted by atomic mass is 9.98. The molecular weight excluding hydrogens is 386 g/mol. The van der Waals surface area contributed by atoms with Gasteiger partial charge in [0, 0.05) is 17.1 Å². The summed E-state index contributed by atoms with van der Waals surface area (Å²) in [4.78, 5) is 2.31. The molecule has 1 heteroatoms. The second-order valence-corrected chi connectivity index (χ2v) is 8.74. The van der Waals surface area contributed by atoms with Crippen LogP contribution in [0, 0.1) is 27.7 Å². The molecule has 0 saturated heterocycles. The molecule has 0 atom stereocenters. The summed E-state index contributed by atoms with van der Waals surface area (Å²) in [5, 5.41) is 0. The van der Waals surface area contributed by atoms with E-state index in [4.69, 9.17) is 0 Å². The molecule has 0 unspecified atom stereocenters. The highest BCUT2D eigenvalue weighted by Gasteiger charge is 2.12. The number of hydrogen-bond donors (Lipinski definition) is 0. The third kappa shape index (κ3) is 4.84. The Labute approximate surface area is 192 Å². The fourth-order valence-corrected chi connectivity index (χ4v) is 4.14. The van der Waals surface area contributed by atoms with Crippen LogP contribution in [0.2, 0.25) is 0 Å². The van der Waals surface area contributed by atoms with Crippen molar-refractivity contribution < 1.29 is 0 Å². The van der Waals surface area contributed by atoms with Crippen molar-refractivity contribution in [3.8, 4) is 0 Å². The molecule has 0 spiro atoms. The van der Waals surface area contributed by atoms with Gasteiger partial charge in [-0.25, -0.2) is 0 Å². The molecular formula is C31H31N. The van der Waals surface area contributed by atoms with Gasteiger partial charge in [0.25, 0.3) is 0 Å². The molecule has 160 valence electrons. The van der Waals surface area contributed by atoms with E-state index in [1.165, 1.54) is 39.0 Å². The largest absolute Gasteiger partial charge is 0.311 e. The van der Waals surface area contributed by atoms with Gasteiger partial charge in [0.05, 0.1) is 0 Å². The molecule has 0 radical (unpaired) electrons. The first-order valence-corrected chi connectivity index (χ1v) is 11.2. The monoisotopic (exact) mass is 417 g/mol. The zero-order valence-corrected chi connectivity index (χ0v) is 19.7. The Kier molecular flexibility index (Phi) is 6.28. The highest BCUT2D eigenvalue weighted by Crippen LogP contribution is 2.35. The normalized spacial score (nSPS) is 11.5. The lowest BCUT2D eigenvalue weighted by molar-refractivity contribution is 1.27. The third-order valence-corrected chi connectivity index (χ3v) is 5.93. The molecule has 32 heavy (non-hydrogen) atoms. The summed E-state index contributed by atoms with van der Waals surface area (Å²) in [6.45, 7) is 10.8. The Morgan fingerprint density at radius 1 is 0.562 bits per heavy atom. The first kappa shape index (κ1) is 21.6. The average Bonchev–Trinajstić information content (AvgIpc) is 2.77. The second-order valence-electron chi connectivity index (χ2n) is 8.74. The molecule has 0 aromatic heterocycles. The summed E-state index contributed by atoms with van der Waals surface area (Å²) >= 11 is 0. The second kappa shape index (κ2) is 9.28. The molecule has 0 amide bonds. The van der Waals surface area contributed by atoms with Crippen molar-refractivity contribution in [1.82, 2.24) is 0 Å². The smallest absolute Gasteiger partial charge is 0.0462 e. The van der Waals surface area contributed by atoms with Crippen LogP contribution in [0.3, 0.4) is 0 Å². The summed E-state index contributed by atoms with van der Waals surface area (Å²) in [5.41, 5.74) is 12.4. The van der Waals surface area contributed by atoms with E-state index in [1.54, 1.807) is 0 Å². The van der Waals surface area contributed by atoms with E-state index in [2.05, 4.69) is 137 Å². The average molecular weight is 418 g/mol. The minimum absolute atomic E-state index is 1.15. The van der Waals surface area contributed by atoms with Gasteiger partial charge in [-0.15, -0.1) is 0 Å². The maximum atomic E-state index is 2.31. The van der Waals surface area contributed by atoms with Crippen LogP contribution in [0.4, 0.5) is 17.1 Å². The van der Waals surface area contributed by atoms with E-state index in [0.29, 0.717) is 0 Å². The van der Waals surface area contributed by atoms with Gasteiger partial charge in [-0.3, -0.25) is 0 Å². The summed E-state index contributed by atoms with van der Waals surface area (Å²) in [5.74, 6) is 0. The van der Waals surface area contributed by atoms with Gasteiger partial charge >= 0.3 is 0 Å². The van der Waals surface area contributed by atoms with Crippen molar-refractivity contribution in [1.29, 1.82) is 0 Å². The summed E-state index contributed by atoms with van der Waals surface area (Å²) < 4.78 is 0. The van der Waals surface area contributed by atoms with Crippen LogP contribution in [0.15, 0.2) is 91.0 Å². The van der Waals surface area contributed by atoms with Crippen LogP contribution >= 0.6 is 0 Å². The van der Waals surface area contributed by atoms with Crippen LogP contribution < -0.4 is 4.90 Å². The van der Waals surface area contributed by atoms with Crippen LogP contribution in [0.1, 0.15) is 40.3 Å². The lowest BCUT2D eigenvalue weighted by Gasteiger charge is -2.26. The van der Waals surface area contributed by atoms with E-state index < -0.39 is 0 Å². The zero-order chi connectivity index (χ0) is 22.7. The SMILES string of the molecule is C/C(=C\c1ccc(N(c2ccc(C)cc2)c2ccc(C)cc2)cc1)c1ccc(C)cc1C. The van der Waals surface area contributed by atoms with Crippen LogP contribution in [-0.2, 0) is 0 Å². The molecule has 1 nitrogen and oxygen atoms in total. The van der Waals surface area contributed by atoms with Crippen molar-refractivity contribution in [2.75, 3.05) is 4.90 Å². The van der Waals surface area contributed by atoms with Crippen LogP contribution in [0.25, 0.3) is 11.6 Å². The third-order valence-electron chi connectivity index (χ3n) is 5.93. The van der Waals surface area contributed by atoms with E-state index >= 15 is 0 Å². The zero-order valence-electron chi connectivity index (χ0n) is 19.7. The molecule has 4 aromatic rings. The maximum absolute atomic E-state index is 2.31. The number of allylic oxidation sites excluding steroid dienone is 1. The number of hydrogen-bond acceptors (Lipinski definition) is 1. The van der Waals surface area contributed by atoms with Gasteiger partial charge in [-0.05, 0) is 93.3 Å². The van der Waals surface area contributed by atoms with E-state index in [9.17, 15) is 0 Å². The van der Waals surface area contributed by atoms with Crippen molar-refractivity contribution in [2.45, 2.75) is 34.6 Å². The minimum atomic E-state index is 1.15. The van der Waals surface area contributed by atoms with Gasteiger partial charge in [0.15, 0.2) is 0 Å². The van der Waals surface area contributed by atoms with Crippen molar-refractivity contribution in [3.63, 3.8) is 0 Å². The lowest BCUT2D eigenvalue weighted by Crippen LogP contribution is -2.09. The summed E-state index contributed by atoms with van der Waals surface area (Å²) in [7, 11) is 0. The Hall–Kier alpha value is -3.58. The molecule has 0 aliphatic rings. The highest BCUT2D eigenvalue weighted by atomic mass is 15.1. The fourth-order valence-electron chi connectivity index (χ4n) is 4.14. The molecule has 0 bridgehead atoms. The first-order valence-electron chi connectivity index (χ1n) is 11.2. The molecule has 0 aliphatic heterocycles. The molecule has 0 heterocycles. The summed E-state index contributed by atoms with van der Waals surface area (Å²) in [6, 6.07) is 32.9. The van der Waals surface area contributed by atoms with Crippen molar-refractivity contribution >= 4 is 28.7 Å². The summed E-state index contributed by atoms with van der Waals surface area (Å²) in [6.07, 6.45) is 2.27. The molecule has 0 aliphatic carbocycles. The van der Waals surface area contributed by atoms with Crippen LogP contribution in [0.5, 0.6) is 0 Å². The molecule has 0 fully saturated rings. The van der Waals surface area contributed by atoms with Gasteiger partial charge in [0.2, 0.25) is 0 Å². The Balaban J connectivity index is 1.69. The van der Waals surface area contributed by atoms with Gasteiger partial charge in [-0.1, -0.05) is 77.4 Å². The number of anilines is 3. The molecule has 4 rings (SSSR count). The van der Waals surface area contributed by atoms with Gasteiger partial charge in [0.1, 0.15) is 0 Å². The van der Waals surface area contributed by atoms with Crippen molar-refractivity contribution in [2.24, 2.45) is 0 Å². The Morgan fingerprint density at radius 3 is 1.47 bits per heavy atom. The highest BCUT2D eigenvalue weighted by molar-refractivity contribution is 5.83. The van der Waals surface area contributed by atoms with E-state index in [-0.39, 0.29) is 0 Å². The molecule has 4 aromatic carbocycles. The number of rotatable bonds is 5. The van der Waals surface area contributed by atoms with Gasteiger partial charge in [-0.2, -0.15) is 0 Å². The van der Waals surface area contributed by atoms with E-state index in [1.807, 2.05) is 0 Å². The van der Waals surface area contributed by atoms with Gasteiger partial charge < -0.3 is 4.90 Å². The number of benzene rings is 4. The number of aryl methyl sites for hydroxylation is 4. The van der Waals surface area contributed by atoms with Crippen LogP contribution in [-0.4, -0.2) is 0 Å². The Bertz CT molecular complexity index is 1180. The molecule has 0 saturated carbocycles. The standard InChI is InChI=1S/C31H31N/c1-22-6-13-28(14-7-22)32(29-15-8-23(2)9-16-29)30-17-11-27(12-18-30)21-26(5)31-19-10-24(3)20-25(31)4/h6-21H,1-5H3/b26-21+. The Morgan fingerprint density at radius 2 is 1.00 bits per heavy atom. The minimum Gasteiger partial charge on any atom is -0.311 e. The van der Waals surface area contributed by atoms with Crippen molar-refractivity contribution in [3.05, 3.63) is 124 Å². The quantitative estimate of drug-likeness (QED) is 0.293. The topological polar surface area (TPSA) is 3.24 Å². The predicted molar refractivity (Wildman–Crippen MR) is 140 cm³/mol.